The van der Waals surface area contributed by atoms with Gasteiger partial charge in [-0.1, -0.05) is 0 Å². The molecule has 0 saturated carbocycles. The Morgan fingerprint density at radius 1 is 1.35 bits per heavy atom. The molecule has 0 unspecified atom stereocenters. The maximum absolute atomic E-state index is 11.5. The Labute approximate surface area is 95.0 Å². The molecule has 0 aliphatic carbocycles. The third-order valence-electron chi connectivity index (χ3n) is 2.45. The quantitative estimate of drug-likeness (QED) is 0.633. The van der Waals surface area contributed by atoms with Gasteiger partial charge in [-0.3, -0.25) is 9.78 Å². The third kappa shape index (κ3) is 2.21. The lowest BCUT2D eigenvalue weighted by molar-refractivity contribution is 0.0693. The fourth-order valence-electron chi connectivity index (χ4n) is 1.59. The molecule has 2 rings (SSSR count). The molecular formula is C9H11N3O5. The summed E-state index contributed by atoms with van der Waals surface area (Å²) in [7, 11) is 0. The Morgan fingerprint density at radius 3 is 2.59 bits per heavy atom. The van der Waals surface area contributed by atoms with E-state index in [9.17, 15) is 14.4 Å². The van der Waals surface area contributed by atoms with Gasteiger partial charge < -0.3 is 14.9 Å². The van der Waals surface area contributed by atoms with Crippen LogP contribution >= 0.6 is 0 Å². The molecule has 8 nitrogen and oxygen atoms in total. The standard InChI is InChI=1S/C9H11N3O5/c13-7-6(8(14)15)5-12(9(16)10-7)11-1-3-17-4-2-11/h5H,1-4H2,(H,14,15)(H,10,13,16). The first kappa shape index (κ1) is 11.4. The van der Waals surface area contributed by atoms with Crippen LogP contribution in [-0.4, -0.2) is 47.0 Å². The first-order valence-electron chi connectivity index (χ1n) is 5.02. The lowest BCUT2D eigenvalue weighted by Crippen LogP contribution is -2.51. The highest BCUT2D eigenvalue weighted by Crippen LogP contribution is 1.95. The molecule has 1 aromatic heterocycles. The first-order valence-corrected chi connectivity index (χ1v) is 5.02. The zero-order valence-electron chi connectivity index (χ0n) is 8.88. The highest BCUT2D eigenvalue weighted by Gasteiger charge is 2.16. The Morgan fingerprint density at radius 2 is 2.00 bits per heavy atom. The van der Waals surface area contributed by atoms with E-state index in [1.54, 1.807) is 5.01 Å². The molecule has 92 valence electrons. The van der Waals surface area contributed by atoms with E-state index in [1.807, 2.05) is 4.98 Å². The zero-order valence-corrected chi connectivity index (χ0v) is 8.88. The van der Waals surface area contributed by atoms with Gasteiger partial charge in [0.15, 0.2) is 0 Å². The van der Waals surface area contributed by atoms with E-state index in [0.29, 0.717) is 26.3 Å². The van der Waals surface area contributed by atoms with Gasteiger partial charge in [0.1, 0.15) is 5.56 Å². The van der Waals surface area contributed by atoms with Crippen molar-refractivity contribution in [2.75, 3.05) is 31.3 Å². The van der Waals surface area contributed by atoms with E-state index >= 15 is 0 Å². The van der Waals surface area contributed by atoms with Crippen molar-refractivity contribution in [2.45, 2.75) is 0 Å². The van der Waals surface area contributed by atoms with Crippen molar-refractivity contribution in [2.24, 2.45) is 0 Å². The molecule has 1 aliphatic rings. The number of aromatic carboxylic acids is 1. The van der Waals surface area contributed by atoms with E-state index in [1.165, 1.54) is 0 Å². The van der Waals surface area contributed by atoms with Gasteiger partial charge in [-0.15, -0.1) is 0 Å². The zero-order chi connectivity index (χ0) is 12.4. The molecule has 1 fully saturated rings. The van der Waals surface area contributed by atoms with Crippen LogP contribution in [0.3, 0.4) is 0 Å². The second-order valence-corrected chi connectivity index (χ2v) is 3.52. The number of hydrogen-bond donors (Lipinski definition) is 2. The molecule has 0 amide bonds. The Bertz CT molecular complexity index is 540. The summed E-state index contributed by atoms with van der Waals surface area (Å²) >= 11 is 0. The summed E-state index contributed by atoms with van der Waals surface area (Å²) in [5, 5.41) is 10.4. The number of aromatic nitrogens is 2. The van der Waals surface area contributed by atoms with Crippen molar-refractivity contribution < 1.29 is 14.6 Å². The Balaban J connectivity index is 2.46. The van der Waals surface area contributed by atoms with Crippen molar-refractivity contribution in [1.29, 1.82) is 0 Å². The highest BCUT2D eigenvalue weighted by atomic mass is 16.5. The minimum atomic E-state index is -1.37. The molecule has 17 heavy (non-hydrogen) atoms. The van der Waals surface area contributed by atoms with Gasteiger partial charge in [0.2, 0.25) is 0 Å². The summed E-state index contributed by atoms with van der Waals surface area (Å²) in [5.41, 5.74) is -2.01. The number of aromatic amines is 1. The van der Waals surface area contributed by atoms with Crippen molar-refractivity contribution in [1.82, 2.24) is 9.66 Å². The van der Waals surface area contributed by atoms with Gasteiger partial charge in [-0.25, -0.2) is 14.3 Å². The average molecular weight is 241 g/mol. The minimum Gasteiger partial charge on any atom is -0.477 e. The Kier molecular flexibility index (Phi) is 2.96. The molecular weight excluding hydrogens is 230 g/mol. The van der Waals surface area contributed by atoms with Crippen LogP contribution in [0.2, 0.25) is 0 Å². The number of H-pyrrole nitrogens is 1. The summed E-state index contributed by atoms with van der Waals surface area (Å²) in [6, 6.07) is 0. The van der Waals surface area contributed by atoms with Crippen LogP contribution in [0.1, 0.15) is 10.4 Å². The van der Waals surface area contributed by atoms with Gasteiger partial charge in [0, 0.05) is 0 Å². The van der Waals surface area contributed by atoms with E-state index in [2.05, 4.69) is 0 Å². The topological polar surface area (TPSA) is 105 Å². The average Bonchev–Trinajstić information content (AvgIpc) is 2.29. The van der Waals surface area contributed by atoms with Gasteiger partial charge in [0.05, 0.1) is 32.5 Å². The lowest BCUT2D eigenvalue weighted by atomic mass is 10.3. The smallest absolute Gasteiger partial charge is 0.347 e. The number of ether oxygens (including phenoxy) is 1. The number of rotatable bonds is 2. The molecule has 1 saturated heterocycles. The Hall–Kier alpha value is -2.09. The van der Waals surface area contributed by atoms with Gasteiger partial charge in [0.25, 0.3) is 5.56 Å². The van der Waals surface area contributed by atoms with Crippen LogP contribution < -0.4 is 16.3 Å². The van der Waals surface area contributed by atoms with Crippen LogP contribution in [0.4, 0.5) is 0 Å². The lowest BCUT2D eigenvalue weighted by Gasteiger charge is -2.29. The molecule has 0 radical (unpaired) electrons. The van der Waals surface area contributed by atoms with Crippen molar-refractivity contribution in [3.63, 3.8) is 0 Å². The molecule has 8 heteroatoms. The van der Waals surface area contributed by atoms with Gasteiger partial charge in [-0.2, -0.15) is 0 Å². The maximum atomic E-state index is 11.5. The maximum Gasteiger partial charge on any atom is 0.347 e. The molecule has 2 N–H and O–H groups in total. The molecule has 2 heterocycles. The van der Waals surface area contributed by atoms with Crippen LogP contribution in [0.15, 0.2) is 15.8 Å². The SMILES string of the molecule is O=C(O)c1cn(N2CCOCC2)c(=O)[nH]c1=O. The fraction of sp³-hybridized carbons (Fsp3) is 0.444. The van der Waals surface area contributed by atoms with Crippen molar-refractivity contribution in [3.05, 3.63) is 32.6 Å². The van der Waals surface area contributed by atoms with Crippen molar-refractivity contribution >= 4 is 5.97 Å². The van der Waals surface area contributed by atoms with Crippen LogP contribution in [-0.2, 0) is 4.74 Å². The van der Waals surface area contributed by atoms with Gasteiger partial charge in [-0.05, 0) is 0 Å². The molecule has 1 aliphatic heterocycles. The second-order valence-electron chi connectivity index (χ2n) is 3.52. The number of nitrogens with one attached hydrogen (secondary N) is 1. The number of hydrogen-bond acceptors (Lipinski definition) is 5. The van der Waals surface area contributed by atoms with Crippen LogP contribution in [0.5, 0.6) is 0 Å². The van der Waals surface area contributed by atoms with Crippen LogP contribution in [0, 0.1) is 0 Å². The molecule has 1 aromatic rings. The normalized spacial score (nSPS) is 15.9. The second kappa shape index (κ2) is 4.42. The van der Waals surface area contributed by atoms with Crippen LogP contribution in [0.25, 0.3) is 0 Å². The molecule has 0 bridgehead atoms. The summed E-state index contributed by atoms with van der Waals surface area (Å²) < 4.78 is 6.22. The number of morpholine rings is 1. The molecule has 0 spiro atoms. The van der Waals surface area contributed by atoms with E-state index < -0.39 is 22.8 Å². The fourth-order valence-corrected chi connectivity index (χ4v) is 1.59. The third-order valence-corrected chi connectivity index (χ3v) is 2.45. The van der Waals surface area contributed by atoms with Crippen molar-refractivity contribution in [3.8, 4) is 0 Å². The van der Waals surface area contributed by atoms with E-state index in [4.69, 9.17) is 9.84 Å². The summed E-state index contributed by atoms with van der Waals surface area (Å²) in [5.74, 6) is -1.37. The monoisotopic (exact) mass is 241 g/mol. The molecule has 0 atom stereocenters. The number of nitrogens with zero attached hydrogens (tertiary/aromatic N) is 2. The summed E-state index contributed by atoms with van der Waals surface area (Å²) in [4.78, 5) is 35.5. The van der Waals surface area contributed by atoms with Gasteiger partial charge >= 0.3 is 11.7 Å². The number of carbonyl (C=O) groups is 1. The highest BCUT2D eigenvalue weighted by molar-refractivity contribution is 5.86. The van der Waals surface area contributed by atoms with E-state index in [0.717, 1.165) is 10.9 Å². The number of carboxylic acid groups (broad SMARTS) is 1. The minimum absolute atomic E-state index is 0.452. The first-order chi connectivity index (χ1) is 8.09. The van der Waals surface area contributed by atoms with E-state index in [-0.39, 0.29) is 0 Å². The predicted molar refractivity (Wildman–Crippen MR) is 57.1 cm³/mol. The molecule has 0 aromatic carbocycles. The summed E-state index contributed by atoms with van der Waals surface area (Å²) in [6.07, 6.45) is 1.04. The predicted octanol–water partition coefficient (Wildman–Crippen LogP) is -1.80. The largest absolute Gasteiger partial charge is 0.477 e. The summed E-state index contributed by atoms with van der Waals surface area (Å²) in [6.45, 7) is 1.83. The number of carboxylic acids is 1.